The molecule has 0 amide bonds. The van der Waals surface area contributed by atoms with E-state index < -0.39 is 22.6 Å². The highest BCUT2D eigenvalue weighted by atomic mass is 19.4. The van der Waals surface area contributed by atoms with Crippen molar-refractivity contribution >= 4 is 28.8 Å². The minimum atomic E-state index is -4.47. The normalized spacial score (nSPS) is 13.1. The fourth-order valence-electron chi connectivity index (χ4n) is 2.60. The van der Waals surface area contributed by atoms with Gasteiger partial charge in [0.05, 0.1) is 5.56 Å². The average Bonchev–Trinajstić information content (AvgIpc) is 2.69. The van der Waals surface area contributed by atoms with Crippen LogP contribution in [-0.2, 0) is 6.18 Å². The number of alkyl halides is 3. The highest BCUT2D eigenvalue weighted by Gasteiger charge is 2.30. The number of rotatable bonds is 6. The number of halogens is 3. The number of nitrogens with one attached hydrogen (secondary N) is 3. The molecule has 0 unspecified atom stereocenters. The summed E-state index contributed by atoms with van der Waals surface area (Å²) in [6, 6.07) is 6.01. The Balaban J connectivity index is 1.79. The summed E-state index contributed by atoms with van der Waals surface area (Å²) in [5.74, 6) is 0.239. The van der Waals surface area contributed by atoms with Crippen LogP contribution in [0, 0.1) is 5.41 Å². The van der Waals surface area contributed by atoms with Gasteiger partial charge in [-0.2, -0.15) is 18.2 Å². The van der Waals surface area contributed by atoms with E-state index in [0.717, 1.165) is 12.1 Å². The standard InChI is InChI=1S/C21H22F3N5O2/c1-11(20(2,3)4)26-15-16(18(31)17(15)30)28-14-8-9-25-19(29-14)27-13-7-5-6-12(10-13)21(22,23)24/h5-11,26H,1-4H3,(H2,25,27,28,29)/t11-/m1/s1. The van der Waals surface area contributed by atoms with Crippen molar-refractivity contribution in [2.24, 2.45) is 5.41 Å². The first-order chi connectivity index (χ1) is 14.4. The van der Waals surface area contributed by atoms with Crippen LogP contribution in [0.2, 0.25) is 0 Å². The first-order valence-corrected chi connectivity index (χ1v) is 9.50. The van der Waals surface area contributed by atoms with Crippen molar-refractivity contribution in [3.05, 3.63) is 62.5 Å². The van der Waals surface area contributed by atoms with Crippen LogP contribution in [0.25, 0.3) is 0 Å². The molecule has 0 aliphatic heterocycles. The highest BCUT2D eigenvalue weighted by molar-refractivity contribution is 5.78. The molecule has 3 rings (SSSR count). The summed E-state index contributed by atoms with van der Waals surface area (Å²) in [7, 11) is 0. The molecule has 3 aromatic rings. The molecule has 0 fully saturated rings. The molecule has 7 nitrogen and oxygen atoms in total. The molecule has 1 heterocycles. The molecule has 0 aliphatic carbocycles. The Morgan fingerprint density at radius 2 is 1.65 bits per heavy atom. The summed E-state index contributed by atoms with van der Waals surface area (Å²) in [6.07, 6.45) is -3.10. The van der Waals surface area contributed by atoms with Gasteiger partial charge in [0, 0.05) is 17.9 Å². The lowest BCUT2D eigenvalue weighted by molar-refractivity contribution is -0.137. The summed E-state index contributed by atoms with van der Waals surface area (Å²) >= 11 is 0. The van der Waals surface area contributed by atoms with Gasteiger partial charge in [0.15, 0.2) is 0 Å². The second kappa shape index (κ2) is 8.01. The molecule has 0 spiro atoms. The van der Waals surface area contributed by atoms with Crippen LogP contribution in [0.15, 0.2) is 46.1 Å². The Bertz CT molecular complexity index is 1160. The zero-order chi connectivity index (χ0) is 23.0. The van der Waals surface area contributed by atoms with Crippen molar-refractivity contribution < 1.29 is 13.2 Å². The van der Waals surface area contributed by atoms with Gasteiger partial charge in [0.1, 0.15) is 17.2 Å². The monoisotopic (exact) mass is 433 g/mol. The van der Waals surface area contributed by atoms with Gasteiger partial charge in [-0.05, 0) is 36.6 Å². The smallest absolute Gasteiger partial charge is 0.377 e. The molecule has 3 N–H and O–H groups in total. The first-order valence-electron chi connectivity index (χ1n) is 9.50. The zero-order valence-corrected chi connectivity index (χ0v) is 17.4. The molecule has 0 aliphatic rings. The van der Waals surface area contributed by atoms with Crippen molar-refractivity contribution in [1.29, 1.82) is 0 Å². The Hall–Kier alpha value is -3.43. The van der Waals surface area contributed by atoms with E-state index in [1.54, 1.807) is 0 Å². The molecule has 0 saturated heterocycles. The number of nitrogens with zero attached hydrogens (tertiary/aromatic N) is 2. The second-order valence-corrected chi connectivity index (χ2v) is 8.23. The van der Waals surface area contributed by atoms with Crippen LogP contribution < -0.4 is 26.8 Å². The third-order valence-corrected chi connectivity index (χ3v) is 4.92. The molecular formula is C21H22F3N5O2. The van der Waals surface area contributed by atoms with Gasteiger partial charge in [0.2, 0.25) is 5.95 Å². The molecule has 10 heteroatoms. The van der Waals surface area contributed by atoms with Gasteiger partial charge in [-0.25, -0.2) is 4.98 Å². The lowest BCUT2D eigenvalue weighted by atomic mass is 9.87. The predicted octanol–water partition coefficient (Wildman–Crippen LogP) is 4.43. The lowest BCUT2D eigenvalue weighted by Crippen LogP contribution is -2.41. The number of anilines is 5. The summed E-state index contributed by atoms with van der Waals surface area (Å²) in [6.45, 7) is 7.90. The minimum absolute atomic E-state index is 0.0283. The highest BCUT2D eigenvalue weighted by Crippen LogP contribution is 2.31. The Morgan fingerprint density at radius 1 is 0.968 bits per heavy atom. The van der Waals surface area contributed by atoms with Crippen LogP contribution in [0.5, 0.6) is 0 Å². The Labute approximate surface area is 176 Å². The second-order valence-electron chi connectivity index (χ2n) is 8.23. The van der Waals surface area contributed by atoms with E-state index >= 15 is 0 Å². The molecule has 1 atom stereocenters. The molecule has 164 valence electrons. The largest absolute Gasteiger partial charge is 0.416 e. The Morgan fingerprint density at radius 3 is 2.29 bits per heavy atom. The van der Waals surface area contributed by atoms with Crippen LogP contribution in [0.4, 0.5) is 42.0 Å². The van der Waals surface area contributed by atoms with E-state index in [9.17, 15) is 22.8 Å². The predicted molar refractivity (Wildman–Crippen MR) is 114 cm³/mol. The van der Waals surface area contributed by atoms with E-state index in [1.807, 2.05) is 27.7 Å². The molecular weight excluding hydrogens is 411 g/mol. The number of hydrogen-bond acceptors (Lipinski definition) is 7. The fourth-order valence-corrected chi connectivity index (χ4v) is 2.60. The first kappa shape index (κ1) is 22.3. The van der Waals surface area contributed by atoms with Gasteiger partial charge in [-0.3, -0.25) is 9.59 Å². The van der Waals surface area contributed by atoms with Crippen LogP contribution >= 0.6 is 0 Å². The number of benzene rings is 1. The van der Waals surface area contributed by atoms with E-state index in [0.29, 0.717) is 0 Å². The minimum Gasteiger partial charge on any atom is -0.377 e. The molecule has 1 aromatic heterocycles. The maximum atomic E-state index is 12.9. The molecule has 0 radical (unpaired) electrons. The third-order valence-electron chi connectivity index (χ3n) is 4.92. The zero-order valence-electron chi connectivity index (χ0n) is 17.4. The third kappa shape index (κ3) is 5.01. The lowest BCUT2D eigenvalue weighted by Gasteiger charge is -2.30. The van der Waals surface area contributed by atoms with Gasteiger partial charge < -0.3 is 16.0 Å². The maximum absolute atomic E-state index is 12.9. The van der Waals surface area contributed by atoms with Crippen LogP contribution in [0.1, 0.15) is 33.3 Å². The Kier molecular flexibility index (Phi) is 5.75. The van der Waals surface area contributed by atoms with Crippen molar-refractivity contribution in [2.75, 3.05) is 16.0 Å². The van der Waals surface area contributed by atoms with Crippen molar-refractivity contribution in [1.82, 2.24) is 9.97 Å². The number of hydrogen-bond donors (Lipinski definition) is 3. The topological polar surface area (TPSA) is 96.0 Å². The fraction of sp³-hybridized carbons (Fsp3) is 0.333. The van der Waals surface area contributed by atoms with Crippen molar-refractivity contribution in [3.63, 3.8) is 0 Å². The van der Waals surface area contributed by atoms with E-state index in [4.69, 9.17) is 0 Å². The van der Waals surface area contributed by atoms with Crippen molar-refractivity contribution in [3.8, 4) is 0 Å². The van der Waals surface area contributed by atoms with Gasteiger partial charge >= 0.3 is 6.18 Å². The summed E-state index contributed by atoms with van der Waals surface area (Å²) in [5, 5.41) is 8.57. The van der Waals surface area contributed by atoms with E-state index in [-0.39, 0.29) is 40.3 Å². The maximum Gasteiger partial charge on any atom is 0.416 e. The van der Waals surface area contributed by atoms with Crippen molar-refractivity contribution in [2.45, 2.75) is 39.9 Å². The van der Waals surface area contributed by atoms with Crippen LogP contribution in [0.3, 0.4) is 0 Å². The molecule has 2 aromatic carbocycles. The van der Waals surface area contributed by atoms with E-state index in [2.05, 4.69) is 25.9 Å². The van der Waals surface area contributed by atoms with Crippen LogP contribution in [-0.4, -0.2) is 16.0 Å². The summed E-state index contributed by atoms with van der Waals surface area (Å²) < 4.78 is 38.7. The molecule has 0 bridgehead atoms. The quantitative estimate of drug-likeness (QED) is 0.495. The summed E-state index contributed by atoms with van der Waals surface area (Å²) in [5.41, 5.74) is -1.82. The molecule has 0 saturated carbocycles. The average molecular weight is 433 g/mol. The SMILES string of the molecule is C[C@@H](Nc1c(Nc2ccnc(Nc3cccc(C(F)(F)F)c3)n2)c(=O)c1=O)C(C)(C)C. The summed E-state index contributed by atoms with van der Waals surface area (Å²) in [4.78, 5) is 32.2. The molecule has 31 heavy (non-hydrogen) atoms. The number of aromatic nitrogens is 2. The van der Waals surface area contributed by atoms with E-state index in [1.165, 1.54) is 24.4 Å². The van der Waals surface area contributed by atoms with Gasteiger partial charge in [-0.1, -0.05) is 26.8 Å². The van der Waals surface area contributed by atoms with Gasteiger partial charge in [0.25, 0.3) is 10.9 Å². The van der Waals surface area contributed by atoms with Gasteiger partial charge in [-0.15, -0.1) is 0 Å².